The van der Waals surface area contributed by atoms with Gasteiger partial charge in [-0.25, -0.2) is 0 Å². The van der Waals surface area contributed by atoms with Crippen LogP contribution in [0.3, 0.4) is 0 Å². The molecule has 0 aromatic rings. The van der Waals surface area contributed by atoms with Gasteiger partial charge >= 0.3 is 0 Å². The molecule has 1 atom stereocenters. The minimum absolute atomic E-state index is 0.352. The second-order valence-electron chi connectivity index (χ2n) is 6.66. The Morgan fingerprint density at radius 3 is 2.27 bits per heavy atom. The van der Waals surface area contributed by atoms with Crippen molar-refractivity contribution in [3.63, 3.8) is 0 Å². The van der Waals surface area contributed by atoms with E-state index in [4.69, 9.17) is 4.74 Å². The van der Waals surface area contributed by atoms with Crippen molar-refractivity contribution in [2.45, 2.75) is 44.6 Å². The van der Waals surface area contributed by atoms with Crippen molar-refractivity contribution in [2.24, 2.45) is 0 Å². The van der Waals surface area contributed by atoms with Crippen LogP contribution in [-0.4, -0.2) is 80.5 Å². The van der Waals surface area contributed by atoms with Crippen molar-refractivity contribution < 1.29 is 13.2 Å². The molecule has 128 valence electrons. The Balaban J connectivity index is 1.54. The Hall–Kier alpha value is -0.210. The monoisotopic (exact) mass is 331 g/mol. The molecule has 22 heavy (non-hydrogen) atoms. The SMILES string of the molecule is O=S(=O)(N1CCCCC1)N1CCCN(C[C@H]2CCCO2)CC1. The molecule has 3 aliphatic rings. The molecule has 6 nitrogen and oxygen atoms in total. The van der Waals surface area contributed by atoms with Crippen LogP contribution in [0.4, 0.5) is 0 Å². The van der Waals surface area contributed by atoms with Crippen LogP contribution in [-0.2, 0) is 14.9 Å². The summed E-state index contributed by atoms with van der Waals surface area (Å²) in [6.45, 7) is 6.30. The summed E-state index contributed by atoms with van der Waals surface area (Å²) < 4.78 is 34.6. The molecule has 7 heteroatoms. The molecule has 0 spiro atoms. The summed E-state index contributed by atoms with van der Waals surface area (Å²) in [5, 5.41) is 0. The average Bonchev–Trinajstić information content (AvgIpc) is 2.92. The van der Waals surface area contributed by atoms with E-state index in [1.807, 2.05) is 0 Å². The van der Waals surface area contributed by atoms with Gasteiger partial charge in [0.1, 0.15) is 0 Å². The zero-order chi connectivity index (χ0) is 15.4. The van der Waals surface area contributed by atoms with Gasteiger partial charge in [-0.1, -0.05) is 6.42 Å². The minimum Gasteiger partial charge on any atom is -0.377 e. The van der Waals surface area contributed by atoms with Crippen LogP contribution in [0.2, 0.25) is 0 Å². The highest BCUT2D eigenvalue weighted by Crippen LogP contribution is 2.19. The van der Waals surface area contributed by atoms with E-state index < -0.39 is 10.2 Å². The first-order valence-corrected chi connectivity index (χ1v) is 10.1. The average molecular weight is 331 g/mol. The normalized spacial score (nSPS) is 30.5. The van der Waals surface area contributed by atoms with Crippen LogP contribution >= 0.6 is 0 Å². The van der Waals surface area contributed by atoms with Gasteiger partial charge in [-0.15, -0.1) is 0 Å². The number of ether oxygens (including phenoxy) is 1. The third-order valence-electron chi connectivity index (χ3n) is 5.00. The van der Waals surface area contributed by atoms with Gasteiger partial charge in [0.05, 0.1) is 6.10 Å². The third kappa shape index (κ3) is 4.00. The van der Waals surface area contributed by atoms with E-state index in [2.05, 4.69) is 4.90 Å². The highest BCUT2D eigenvalue weighted by Gasteiger charge is 2.32. The van der Waals surface area contributed by atoms with Crippen LogP contribution in [0, 0.1) is 0 Å². The van der Waals surface area contributed by atoms with Crippen molar-refractivity contribution in [3.8, 4) is 0 Å². The lowest BCUT2D eigenvalue weighted by Crippen LogP contribution is -2.47. The van der Waals surface area contributed by atoms with E-state index in [1.165, 1.54) is 0 Å². The smallest absolute Gasteiger partial charge is 0.282 e. The molecule has 0 N–H and O–H groups in total. The summed E-state index contributed by atoms with van der Waals surface area (Å²) in [7, 11) is -3.25. The van der Waals surface area contributed by atoms with Crippen LogP contribution < -0.4 is 0 Å². The Bertz CT molecular complexity index is 445. The van der Waals surface area contributed by atoms with Gasteiger partial charge < -0.3 is 4.74 Å². The van der Waals surface area contributed by atoms with Gasteiger partial charge in [-0.2, -0.15) is 17.0 Å². The van der Waals surface area contributed by atoms with Crippen molar-refractivity contribution in [2.75, 3.05) is 52.4 Å². The van der Waals surface area contributed by atoms with E-state index in [0.717, 1.165) is 64.8 Å². The summed E-state index contributed by atoms with van der Waals surface area (Å²) in [5.41, 5.74) is 0. The first kappa shape index (κ1) is 16.6. The van der Waals surface area contributed by atoms with E-state index in [1.54, 1.807) is 8.61 Å². The molecule has 3 heterocycles. The molecule has 0 bridgehead atoms. The topological polar surface area (TPSA) is 53.1 Å². The maximum Gasteiger partial charge on any atom is 0.282 e. The first-order chi connectivity index (χ1) is 10.7. The standard InChI is InChI=1S/C15H29N3O3S/c19-22(20,17-8-2-1-3-9-17)18-10-5-7-16(11-12-18)14-15-6-4-13-21-15/h15H,1-14H2/t15-/m1/s1. The van der Waals surface area contributed by atoms with E-state index in [9.17, 15) is 8.42 Å². The third-order valence-corrected chi connectivity index (χ3v) is 7.04. The Morgan fingerprint density at radius 1 is 0.818 bits per heavy atom. The Labute approximate surface area is 134 Å². The van der Waals surface area contributed by atoms with Crippen molar-refractivity contribution in [3.05, 3.63) is 0 Å². The second kappa shape index (κ2) is 7.57. The molecule has 3 rings (SSSR count). The molecular weight excluding hydrogens is 302 g/mol. The van der Waals surface area contributed by atoms with Gasteiger partial charge in [0, 0.05) is 45.9 Å². The molecule has 0 saturated carbocycles. The quantitative estimate of drug-likeness (QED) is 0.768. The maximum absolute atomic E-state index is 12.8. The van der Waals surface area contributed by atoms with Gasteiger partial charge in [0.2, 0.25) is 0 Å². The molecule has 3 saturated heterocycles. The molecule has 0 aromatic heterocycles. The maximum atomic E-state index is 12.8. The number of hydrogen-bond donors (Lipinski definition) is 0. The van der Waals surface area contributed by atoms with Crippen LogP contribution in [0.1, 0.15) is 38.5 Å². The zero-order valence-electron chi connectivity index (χ0n) is 13.5. The van der Waals surface area contributed by atoms with Crippen molar-refractivity contribution in [1.82, 2.24) is 13.5 Å². The van der Waals surface area contributed by atoms with Gasteiger partial charge in [0.15, 0.2) is 0 Å². The minimum atomic E-state index is -3.25. The van der Waals surface area contributed by atoms with Gasteiger partial charge in [0.25, 0.3) is 10.2 Å². The highest BCUT2D eigenvalue weighted by atomic mass is 32.2. The van der Waals surface area contributed by atoms with Gasteiger partial charge in [-0.05, 0) is 38.6 Å². The molecule has 3 aliphatic heterocycles. The molecule has 0 radical (unpaired) electrons. The highest BCUT2D eigenvalue weighted by molar-refractivity contribution is 7.86. The summed E-state index contributed by atoms with van der Waals surface area (Å²) in [6.07, 6.45) is 6.72. The predicted octanol–water partition coefficient (Wildman–Crippen LogP) is 0.904. The molecule has 0 amide bonds. The summed E-state index contributed by atoms with van der Waals surface area (Å²) in [6, 6.07) is 0. The lowest BCUT2D eigenvalue weighted by Gasteiger charge is -2.31. The lowest BCUT2D eigenvalue weighted by atomic mass is 10.2. The van der Waals surface area contributed by atoms with E-state index in [-0.39, 0.29) is 0 Å². The second-order valence-corrected chi connectivity index (χ2v) is 8.58. The largest absolute Gasteiger partial charge is 0.377 e. The first-order valence-electron chi connectivity index (χ1n) is 8.75. The molecule has 0 aliphatic carbocycles. The fourth-order valence-electron chi connectivity index (χ4n) is 3.70. The number of rotatable bonds is 4. The summed E-state index contributed by atoms with van der Waals surface area (Å²) in [5.74, 6) is 0. The summed E-state index contributed by atoms with van der Waals surface area (Å²) in [4.78, 5) is 2.38. The summed E-state index contributed by atoms with van der Waals surface area (Å²) >= 11 is 0. The van der Waals surface area contributed by atoms with Crippen molar-refractivity contribution >= 4 is 10.2 Å². The Morgan fingerprint density at radius 2 is 1.55 bits per heavy atom. The van der Waals surface area contributed by atoms with E-state index in [0.29, 0.717) is 32.3 Å². The molecule has 0 aromatic carbocycles. The fraction of sp³-hybridized carbons (Fsp3) is 1.00. The van der Waals surface area contributed by atoms with Gasteiger partial charge in [-0.3, -0.25) is 4.90 Å². The predicted molar refractivity (Wildman–Crippen MR) is 85.9 cm³/mol. The molecular formula is C15H29N3O3S. The van der Waals surface area contributed by atoms with Crippen LogP contribution in [0.5, 0.6) is 0 Å². The number of piperidine rings is 1. The molecule has 0 unspecified atom stereocenters. The van der Waals surface area contributed by atoms with Crippen LogP contribution in [0.15, 0.2) is 0 Å². The van der Waals surface area contributed by atoms with Crippen LogP contribution in [0.25, 0.3) is 0 Å². The number of nitrogens with zero attached hydrogens (tertiary/aromatic N) is 3. The van der Waals surface area contributed by atoms with E-state index >= 15 is 0 Å². The fourth-order valence-corrected chi connectivity index (χ4v) is 5.41. The Kier molecular flexibility index (Phi) is 5.73. The number of hydrogen-bond acceptors (Lipinski definition) is 4. The zero-order valence-corrected chi connectivity index (χ0v) is 14.3. The molecule has 3 fully saturated rings. The van der Waals surface area contributed by atoms with Crippen molar-refractivity contribution in [1.29, 1.82) is 0 Å². The lowest BCUT2D eigenvalue weighted by molar-refractivity contribution is 0.0749.